The van der Waals surface area contributed by atoms with Gasteiger partial charge in [0.2, 0.25) is 0 Å². The number of nitrogens with zero attached hydrogens (tertiary/aromatic N) is 2. The van der Waals surface area contributed by atoms with Crippen LogP contribution in [0.2, 0.25) is 0 Å². The monoisotopic (exact) mass is 330 g/mol. The van der Waals surface area contributed by atoms with Crippen LogP contribution in [0.15, 0.2) is 51.9 Å². The van der Waals surface area contributed by atoms with Gasteiger partial charge in [0, 0.05) is 22.8 Å². The van der Waals surface area contributed by atoms with Crippen molar-refractivity contribution < 1.29 is 4.79 Å². The second kappa shape index (κ2) is 6.48. The SMILES string of the molecule is Cc1c(Br)ccc(N=CN(C)c2ccccc2)c1C=O. The molecule has 0 amide bonds. The van der Waals surface area contributed by atoms with Gasteiger partial charge in [-0.1, -0.05) is 34.1 Å². The van der Waals surface area contributed by atoms with Gasteiger partial charge in [0.05, 0.1) is 12.0 Å². The molecule has 4 heteroatoms. The first-order valence-corrected chi connectivity index (χ1v) is 6.99. The predicted molar refractivity (Wildman–Crippen MR) is 87.3 cm³/mol. The van der Waals surface area contributed by atoms with Gasteiger partial charge in [-0.2, -0.15) is 0 Å². The molecule has 0 heterocycles. The molecule has 0 unspecified atom stereocenters. The molecule has 0 aromatic heterocycles. The first-order chi connectivity index (χ1) is 9.63. The lowest BCUT2D eigenvalue weighted by Crippen LogP contribution is -2.13. The van der Waals surface area contributed by atoms with Crippen LogP contribution in [0.1, 0.15) is 15.9 Å². The summed E-state index contributed by atoms with van der Waals surface area (Å²) in [6, 6.07) is 13.6. The smallest absolute Gasteiger partial charge is 0.152 e. The number of para-hydroxylation sites is 1. The molecule has 0 aliphatic carbocycles. The van der Waals surface area contributed by atoms with Gasteiger partial charge in [-0.25, -0.2) is 4.99 Å². The summed E-state index contributed by atoms with van der Waals surface area (Å²) in [4.78, 5) is 17.5. The van der Waals surface area contributed by atoms with E-state index in [0.29, 0.717) is 11.3 Å². The molecule has 0 aliphatic heterocycles. The van der Waals surface area contributed by atoms with E-state index in [0.717, 1.165) is 22.0 Å². The highest BCUT2D eigenvalue weighted by molar-refractivity contribution is 9.10. The zero-order chi connectivity index (χ0) is 14.5. The fraction of sp³-hybridized carbons (Fsp3) is 0.125. The number of halogens is 1. The molecule has 20 heavy (non-hydrogen) atoms. The molecule has 0 saturated carbocycles. The maximum Gasteiger partial charge on any atom is 0.152 e. The van der Waals surface area contributed by atoms with Crippen LogP contribution >= 0.6 is 15.9 Å². The highest BCUT2D eigenvalue weighted by Gasteiger charge is 2.07. The molecule has 102 valence electrons. The van der Waals surface area contributed by atoms with Gasteiger partial charge in [-0.3, -0.25) is 4.79 Å². The lowest BCUT2D eigenvalue weighted by atomic mass is 10.1. The minimum atomic E-state index is 0.608. The van der Waals surface area contributed by atoms with Crippen LogP contribution in [-0.4, -0.2) is 19.7 Å². The van der Waals surface area contributed by atoms with Gasteiger partial charge in [0.15, 0.2) is 6.29 Å². The summed E-state index contributed by atoms with van der Waals surface area (Å²) in [5, 5.41) is 0. The summed E-state index contributed by atoms with van der Waals surface area (Å²) in [6.45, 7) is 1.90. The van der Waals surface area contributed by atoms with E-state index >= 15 is 0 Å². The van der Waals surface area contributed by atoms with Crippen LogP contribution in [0, 0.1) is 6.92 Å². The fourth-order valence-corrected chi connectivity index (χ4v) is 2.17. The van der Waals surface area contributed by atoms with Crippen molar-refractivity contribution in [3.05, 3.63) is 58.1 Å². The van der Waals surface area contributed by atoms with Crippen molar-refractivity contribution in [3.8, 4) is 0 Å². The van der Waals surface area contributed by atoms with Crippen LogP contribution in [0.5, 0.6) is 0 Å². The molecule has 0 radical (unpaired) electrons. The standard InChI is InChI=1S/C16H15BrN2O/c1-12-14(10-20)16(9-8-15(12)17)18-11-19(2)13-6-4-3-5-7-13/h3-11H,1-2H3. The number of benzene rings is 2. The van der Waals surface area contributed by atoms with Crippen molar-refractivity contribution in [1.82, 2.24) is 0 Å². The lowest BCUT2D eigenvalue weighted by molar-refractivity contribution is 0.112. The second-order valence-electron chi connectivity index (χ2n) is 4.41. The highest BCUT2D eigenvalue weighted by atomic mass is 79.9. The van der Waals surface area contributed by atoms with E-state index in [1.54, 1.807) is 6.34 Å². The highest BCUT2D eigenvalue weighted by Crippen LogP contribution is 2.27. The largest absolute Gasteiger partial charge is 0.336 e. The Bertz CT molecular complexity index is 638. The van der Waals surface area contributed by atoms with Crippen molar-refractivity contribution in [3.63, 3.8) is 0 Å². The van der Waals surface area contributed by atoms with Crippen molar-refractivity contribution in [2.24, 2.45) is 4.99 Å². The number of aldehydes is 1. The van der Waals surface area contributed by atoms with Gasteiger partial charge < -0.3 is 4.90 Å². The number of anilines is 1. The fourth-order valence-electron chi connectivity index (χ4n) is 1.83. The Kier molecular flexibility index (Phi) is 4.69. The molecule has 0 atom stereocenters. The van der Waals surface area contributed by atoms with Crippen LogP contribution < -0.4 is 4.90 Å². The molecule has 0 saturated heterocycles. The minimum Gasteiger partial charge on any atom is -0.336 e. The molecular weight excluding hydrogens is 316 g/mol. The molecule has 2 aromatic rings. The molecule has 3 nitrogen and oxygen atoms in total. The van der Waals surface area contributed by atoms with Crippen LogP contribution in [0.4, 0.5) is 11.4 Å². The topological polar surface area (TPSA) is 32.7 Å². The van der Waals surface area contributed by atoms with Crippen LogP contribution in [0.25, 0.3) is 0 Å². The Hall–Kier alpha value is -1.94. The maximum atomic E-state index is 11.2. The number of carbonyl (C=O) groups excluding carboxylic acids is 1. The van der Waals surface area contributed by atoms with Gasteiger partial charge in [-0.05, 0) is 36.8 Å². The first-order valence-electron chi connectivity index (χ1n) is 6.20. The van der Waals surface area contributed by atoms with E-state index < -0.39 is 0 Å². The van der Waals surface area contributed by atoms with Crippen molar-refractivity contribution in [1.29, 1.82) is 0 Å². The van der Waals surface area contributed by atoms with Crippen LogP contribution in [0.3, 0.4) is 0 Å². The zero-order valence-electron chi connectivity index (χ0n) is 11.4. The van der Waals surface area contributed by atoms with Crippen LogP contribution in [-0.2, 0) is 0 Å². The number of carbonyl (C=O) groups is 1. The number of hydrogen-bond acceptors (Lipinski definition) is 2. The summed E-state index contributed by atoms with van der Waals surface area (Å²) in [6.07, 6.45) is 2.56. The Morgan fingerprint density at radius 2 is 1.85 bits per heavy atom. The van der Waals surface area contributed by atoms with E-state index in [1.165, 1.54) is 0 Å². The van der Waals surface area contributed by atoms with Gasteiger partial charge >= 0.3 is 0 Å². The van der Waals surface area contributed by atoms with Gasteiger partial charge in [-0.15, -0.1) is 0 Å². The molecule has 2 rings (SSSR count). The van der Waals surface area contributed by atoms with E-state index in [2.05, 4.69) is 20.9 Å². The van der Waals surface area contributed by atoms with Crippen molar-refractivity contribution in [2.45, 2.75) is 6.92 Å². The third kappa shape index (κ3) is 3.14. The van der Waals surface area contributed by atoms with E-state index in [1.807, 2.05) is 61.3 Å². The summed E-state index contributed by atoms with van der Waals surface area (Å²) < 4.78 is 0.912. The molecule has 0 bridgehead atoms. The summed E-state index contributed by atoms with van der Waals surface area (Å²) in [5.41, 5.74) is 3.22. The summed E-state index contributed by atoms with van der Waals surface area (Å²) in [5.74, 6) is 0. The van der Waals surface area contributed by atoms with Gasteiger partial charge in [0.1, 0.15) is 0 Å². The Morgan fingerprint density at radius 1 is 1.15 bits per heavy atom. The third-order valence-electron chi connectivity index (χ3n) is 3.08. The first kappa shape index (κ1) is 14.5. The lowest BCUT2D eigenvalue weighted by Gasteiger charge is -2.13. The number of aliphatic imine (C=N–C) groups is 1. The molecule has 0 aliphatic rings. The van der Waals surface area contributed by atoms with E-state index in [-0.39, 0.29) is 0 Å². The molecule has 0 spiro atoms. The number of rotatable bonds is 4. The molecule has 2 aromatic carbocycles. The van der Waals surface area contributed by atoms with Gasteiger partial charge in [0.25, 0.3) is 0 Å². The van der Waals surface area contributed by atoms with Crippen molar-refractivity contribution in [2.75, 3.05) is 11.9 Å². The average molecular weight is 331 g/mol. The summed E-state index contributed by atoms with van der Waals surface area (Å²) >= 11 is 3.42. The maximum absolute atomic E-state index is 11.2. The Morgan fingerprint density at radius 3 is 2.50 bits per heavy atom. The Balaban J connectivity index is 2.28. The van der Waals surface area contributed by atoms with E-state index in [9.17, 15) is 4.79 Å². The third-order valence-corrected chi connectivity index (χ3v) is 3.94. The second-order valence-corrected chi connectivity index (χ2v) is 5.27. The Labute approximate surface area is 127 Å². The summed E-state index contributed by atoms with van der Waals surface area (Å²) in [7, 11) is 1.92. The molecular formula is C16H15BrN2O. The zero-order valence-corrected chi connectivity index (χ0v) is 13.0. The predicted octanol–water partition coefficient (Wildman–Crippen LogP) is 4.37. The minimum absolute atomic E-state index is 0.608. The molecule has 0 fully saturated rings. The van der Waals surface area contributed by atoms with Crippen molar-refractivity contribution >= 4 is 39.9 Å². The number of hydrogen-bond donors (Lipinski definition) is 0. The normalized spacial score (nSPS) is 10.8. The average Bonchev–Trinajstić information content (AvgIpc) is 2.49. The van der Waals surface area contributed by atoms with E-state index in [4.69, 9.17) is 0 Å². The molecule has 0 N–H and O–H groups in total. The quantitative estimate of drug-likeness (QED) is 0.473.